The Kier molecular flexibility index (Phi) is 3.80. The molecule has 1 aromatic rings. The van der Waals surface area contributed by atoms with Gasteiger partial charge in [0, 0.05) is 5.75 Å². The van der Waals surface area contributed by atoms with E-state index in [1.165, 1.54) is 17.7 Å². The third kappa shape index (κ3) is 3.16. The molecular formula is C8H9FS2. The van der Waals surface area contributed by atoms with Gasteiger partial charge in [0.25, 0.3) is 0 Å². The second-order valence-corrected chi connectivity index (χ2v) is 4.62. The van der Waals surface area contributed by atoms with Crippen molar-refractivity contribution < 1.29 is 4.39 Å². The number of hydrogen-bond donors (Lipinski definition) is 0. The summed E-state index contributed by atoms with van der Waals surface area (Å²) in [5, 5.41) is 0. The summed E-state index contributed by atoms with van der Waals surface area (Å²) in [6.07, 6.45) is 2.04. The molecule has 0 nitrogen and oxygen atoms in total. The second-order valence-electron chi connectivity index (χ2n) is 2.06. The van der Waals surface area contributed by atoms with E-state index in [2.05, 4.69) is 0 Å². The molecule has 0 atom stereocenters. The van der Waals surface area contributed by atoms with Gasteiger partial charge in [-0.25, -0.2) is 4.39 Å². The Morgan fingerprint density at radius 3 is 2.45 bits per heavy atom. The molecule has 0 aliphatic rings. The zero-order valence-corrected chi connectivity index (χ0v) is 7.84. The minimum atomic E-state index is -0.164. The van der Waals surface area contributed by atoms with Crippen LogP contribution in [0.15, 0.2) is 24.3 Å². The number of hydrogen-bond acceptors (Lipinski definition) is 2. The fourth-order valence-corrected chi connectivity index (χ4v) is 1.92. The number of halogens is 1. The summed E-state index contributed by atoms with van der Waals surface area (Å²) in [4.78, 5) is 0. The normalized spacial score (nSPS) is 10.0. The fourth-order valence-electron chi connectivity index (χ4n) is 0.708. The van der Waals surface area contributed by atoms with Gasteiger partial charge in [0.1, 0.15) is 5.82 Å². The van der Waals surface area contributed by atoms with Crippen LogP contribution in [0.1, 0.15) is 5.56 Å². The van der Waals surface area contributed by atoms with Crippen LogP contribution < -0.4 is 0 Å². The van der Waals surface area contributed by atoms with Crippen LogP contribution in [0, 0.1) is 5.82 Å². The van der Waals surface area contributed by atoms with Gasteiger partial charge in [-0.15, -0.1) is 0 Å². The summed E-state index contributed by atoms with van der Waals surface area (Å²) in [5.74, 6) is 0.782. The van der Waals surface area contributed by atoms with Crippen molar-refractivity contribution in [1.82, 2.24) is 0 Å². The van der Waals surface area contributed by atoms with Crippen LogP contribution in [0.2, 0.25) is 0 Å². The highest BCUT2D eigenvalue weighted by Gasteiger charge is 1.92. The van der Waals surface area contributed by atoms with E-state index in [9.17, 15) is 4.39 Å². The van der Waals surface area contributed by atoms with Crippen LogP contribution >= 0.6 is 21.6 Å². The summed E-state index contributed by atoms with van der Waals surface area (Å²) in [7, 11) is 3.48. The molecule has 0 heterocycles. The van der Waals surface area contributed by atoms with Crippen LogP contribution in [0.5, 0.6) is 0 Å². The predicted octanol–water partition coefficient (Wildman–Crippen LogP) is 3.34. The molecule has 0 radical (unpaired) electrons. The molecular weight excluding hydrogens is 179 g/mol. The summed E-state index contributed by atoms with van der Waals surface area (Å²) in [6, 6.07) is 6.63. The average Bonchev–Trinajstić information content (AvgIpc) is 2.04. The third-order valence-electron chi connectivity index (χ3n) is 1.26. The molecule has 0 amide bonds. The third-order valence-corrected chi connectivity index (χ3v) is 3.00. The Morgan fingerprint density at radius 2 is 1.91 bits per heavy atom. The van der Waals surface area contributed by atoms with Crippen LogP contribution in [0.25, 0.3) is 0 Å². The Morgan fingerprint density at radius 1 is 1.27 bits per heavy atom. The van der Waals surface area contributed by atoms with E-state index in [4.69, 9.17) is 0 Å². The topological polar surface area (TPSA) is 0 Å². The van der Waals surface area contributed by atoms with Crippen molar-refractivity contribution in [2.45, 2.75) is 5.75 Å². The minimum Gasteiger partial charge on any atom is -0.207 e. The first-order valence-electron chi connectivity index (χ1n) is 3.23. The summed E-state index contributed by atoms with van der Waals surface area (Å²) >= 11 is 0. The van der Waals surface area contributed by atoms with Gasteiger partial charge in [-0.3, -0.25) is 0 Å². The van der Waals surface area contributed by atoms with Crippen molar-refractivity contribution in [3.8, 4) is 0 Å². The maximum Gasteiger partial charge on any atom is 0.123 e. The zero-order valence-electron chi connectivity index (χ0n) is 6.21. The maximum absolute atomic E-state index is 12.4. The lowest BCUT2D eigenvalue weighted by molar-refractivity contribution is 0.627. The number of rotatable bonds is 3. The van der Waals surface area contributed by atoms with Gasteiger partial charge in [0.15, 0.2) is 0 Å². The van der Waals surface area contributed by atoms with Crippen LogP contribution in [0.4, 0.5) is 4.39 Å². The van der Waals surface area contributed by atoms with Crippen LogP contribution in [-0.4, -0.2) is 6.26 Å². The van der Waals surface area contributed by atoms with E-state index < -0.39 is 0 Å². The monoisotopic (exact) mass is 188 g/mol. The average molecular weight is 188 g/mol. The van der Waals surface area contributed by atoms with E-state index in [1.807, 2.05) is 18.4 Å². The minimum absolute atomic E-state index is 0.164. The lowest BCUT2D eigenvalue weighted by Crippen LogP contribution is -1.78. The maximum atomic E-state index is 12.4. The predicted molar refractivity (Wildman–Crippen MR) is 51.2 cm³/mol. The first-order valence-corrected chi connectivity index (χ1v) is 5.95. The van der Waals surface area contributed by atoms with Crippen molar-refractivity contribution in [1.29, 1.82) is 0 Å². The molecule has 0 aliphatic carbocycles. The van der Waals surface area contributed by atoms with E-state index in [0.717, 1.165) is 5.75 Å². The van der Waals surface area contributed by atoms with Crippen molar-refractivity contribution in [3.05, 3.63) is 35.6 Å². The fraction of sp³-hybridized carbons (Fsp3) is 0.250. The summed E-state index contributed by atoms with van der Waals surface area (Å²) < 4.78 is 12.4. The molecule has 0 fully saturated rings. The quantitative estimate of drug-likeness (QED) is 0.667. The Labute approximate surface area is 74.0 Å². The zero-order chi connectivity index (χ0) is 8.10. The smallest absolute Gasteiger partial charge is 0.123 e. The van der Waals surface area contributed by atoms with Gasteiger partial charge >= 0.3 is 0 Å². The number of benzene rings is 1. The SMILES string of the molecule is CSSCc1ccc(F)cc1. The molecule has 1 rings (SSSR count). The van der Waals surface area contributed by atoms with Crippen molar-refractivity contribution in [2.24, 2.45) is 0 Å². The Balaban J connectivity index is 2.52. The highest BCUT2D eigenvalue weighted by atomic mass is 33.1. The van der Waals surface area contributed by atoms with Crippen LogP contribution in [-0.2, 0) is 5.75 Å². The van der Waals surface area contributed by atoms with Gasteiger partial charge in [-0.05, 0) is 24.0 Å². The summed E-state index contributed by atoms with van der Waals surface area (Å²) in [5.41, 5.74) is 1.17. The summed E-state index contributed by atoms with van der Waals surface area (Å²) in [6.45, 7) is 0. The molecule has 3 heteroatoms. The van der Waals surface area contributed by atoms with Gasteiger partial charge < -0.3 is 0 Å². The highest BCUT2D eigenvalue weighted by Crippen LogP contribution is 2.22. The van der Waals surface area contributed by atoms with E-state index in [0.29, 0.717) is 0 Å². The Bertz CT molecular complexity index is 208. The lowest BCUT2D eigenvalue weighted by Gasteiger charge is -1.97. The standard InChI is InChI=1S/C8H9FS2/c1-10-11-6-7-2-4-8(9)5-3-7/h2-5H,6H2,1H3. The van der Waals surface area contributed by atoms with Gasteiger partial charge in [0.2, 0.25) is 0 Å². The van der Waals surface area contributed by atoms with Crippen molar-refractivity contribution in [2.75, 3.05) is 6.26 Å². The molecule has 60 valence electrons. The molecule has 11 heavy (non-hydrogen) atoms. The molecule has 0 aliphatic heterocycles. The van der Waals surface area contributed by atoms with E-state index >= 15 is 0 Å². The van der Waals surface area contributed by atoms with Crippen LogP contribution in [0.3, 0.4) is 0 Å². The second kappa shape index (κ2) is 4.67. The molecule has 1 aromatic carbocycles. The lowest BCUT2D eigenvalue weighted by atomic mass is 10.2. The highest BCUT2D eigenvalue weighted by molar-refractivity contribution is 8.76. The first kappa shape index (κ1) is 8.94. The molecule has 0 bridgehead atoms. The van der Waals surface area contributed by atoms with Gasteiger partial charge in [0.05, 0.1) is 0 Å². The van der Waals surface area contributed by atoms with Crippen molar-refractivity contribution in [3.63, 3.8) is 0 Å². The largest absolute Gasteiger partial charge is 0.207 e. The molecule has 0 saturated carbocycles. The van der Waals surface area contributed by atoms with Crippen molar-refractivity contribution >= 4 is 21.6 Å². The molecule has 0 unspecified atom stereocenters. The molecule has 0 N–H and O–H groups in total. The van der Waals surface area contributed by atoms with Gasteiger partial charge in [-0.2, -0.15) is 0 Å². The molecule has 0 aromatic heterocycles. The Hall–Kier alpha value is -0.150. The van der Waals surface area contributed by atoms with E-state index in [-0.39, 0.29) is 5.82 Å². The van der Waals surface area contributed by atoms with Gasteiger partial charge in [-0.1, -0.05) is 33.7 Å². The molecule has 0 saturated heterocycles. The molecule has 0 spiro atoms. The first-order chi connectivity index (χ1) is 5.33. The van der Waals surface area contributed by atoms with E-state index in [1.54, 1.807) is 21.6 Å².